The molecule has 1 saturated heterocycles. The molecular formula is C26H35N5O2. The van der Waals surface area contributed by atoms with Crippen LogP contribution in [0.1, 0.15) is 54.9 Å². The van der Waals surface area contributed by atoms with Crippen molar-refractivity contribution in [3.05, 3.63) is 59.8 Å². The van der Waals surface area contributed by atoms with Gasteiger partial charge >= 0.3 is 0 Å². The number of amides is 1. The van der Waals surface area contributed by atoms with Crippen LogP contribution in [-0.2, 0) is 11.3 Å². The Kier molecular flexibility index (Phi) is 8.30. The molecule has 0 radical (unpaired) electrons. The number of hydrogen-bond donors (Lipinski definition) is 1. The molecule has 1 amide bonds. The van der Waals surface area contributed by atoms with Crippen LogP contribution in [-0.4, -0.2) is 59.7 Å². The van der Waals surface area contributed by atoms with Gasteiger partial charge in [-0.3, -0.25) is 4.79 Å². The Morgan fingerprint density at radius 3 is 2.67 bits per heavy atom. The fraction of sp³-hybridized carbons (Fsp3) is 0.500. The molecule has 176 valence electrons. The Balaban J connectivity index is 1.62. The molecule has 2 aliphatic rings. The minimum absolute atomic E-state index is 0.0520. The minimum atomic E-state index is -0.0520. The van der Waals surface area contributed by atoms with Gasteiger partial charge in [0.15, 0.2) is 0 Å². The number of ether oxygens (including phenoxy) is 1. The van der Waals surface area contributed by atoms with Crippen molar-refractivity contribution in [3.8, 4) is 0 Å². The van der Waals surface area contributed by atoms with E-state index in [9.17, 15) is 4.79 Å². The standard InChI is InChI=1S/C26H35N5O2/c1-2-3-14-31(20-21-10-6-4-7-11-21)25(32)23-19-27-26(30-15-17-33-18-16-30)29-24(23)28-22-12-8-5-9-13-22/h2-4,6-7,10-11,19,22H,5,8-9,12-18,20H2,1H3,(H,27,28,29)/b3-2+. The van der Waals surface area contributed by atoms with Crippen LogP contribution in [0.15, 0.2) is 48.7 Å². The molecule has 33 heavy (non-hydrogen) atoms. The molecule has 0 spiro atoms. The number of carbonyl (C=O) groups excluding carboxylic acids is 1. The third kappa shape index (κ3) is 6.32. The highest BCUT2D eigenvalue weighted by molar-refractivity contribution is 5.98. The number of carbonyl (C=O) groups is 1. The first-order valence-electron chi connectivity index (χ1n) is 12.1. The molecule has 2 heterocycles. The monoisotopic (exact) mass is 449 g/mol. The van der Waals surface area contributed by atoms with E-state index in [2.05, 4.69) is 27.3 Å². The summed E-state index contributed by atoms with van der Waals surface area (Å²) in [7, 11) is 0. The van der Waals surface area contributed by atoms with Gasteiger partial charge < -0.3 is 19.9 Å². The number of allylic oxidation sites excluding steroid dienone is 1. The van der Waals surface area contributed by atoms with Gasteiger partial charge in [0.2, 0.25) is 5.95 Å². The second-order valence-corrected chi connectivity index (χ2v) is 8.75. The van der Waals surface area contributed by atoms with E-state index in [1.165, 1.54) is 19.3 Å². The molecule has 1 aromatic heterocycles. The predicted molar refractivity (Wildman–Crippen MR) is 132 cm³/mol. The number of morpholine rings is 1. The first kappa shape index (κ1) is 23.2. The van der Waals surface area contributed by atoms with E-state index >= 15 is 0 Å². The summed E-state index contributed by atoms with van der Waals surface area (Å²) in [4.78, 5) is 27.2. The molecule has 1 N–H and O–H groups in total. The highest BCUT2D eigenvalue weighted by atomic mass is 16.5. The minimum Gasteiger partial charge on any atom is -0.378 e. The second kappa shape index (κ2) is 11.8. The van der Waals surface area contributed by atoms with E-state index in [0.29, 0.717) is 49.7 Å². The Morgan fingerprint density at radius 2 is 1.94 bits per heavy atom. The van der Waals surface area contributed by atoms with Crippen LogP contribution < -0.4 is 10.2 Å². The summed E-state index contributed by atoms with van der Waals surface area (Å²) in [6.07, 6.45) is 11.6. The Hall–Kier alpha value is -2.93. The van der Waals surface area contributed by atoms with Crippen LogP contribution in [0.3, 0.4) is 0 Å². The maximum absolute atomic E-state index is 13.7. The first-order valence-corrected chi connectivity index (χ1v) is 12.1. The zero-order chi connectivity index (χ0) is 22.9. The molecule has 1 saturated carbocycles. The van der Waals surface area contributed by atoms with Crippen LogP contribution in [0.4, 0.5) is 11.8 Å². The predicted octanol–water partition coefficient (Wildman–Crippen LogP) is 4.28. The van der Waals surface area contributed by atoms with Gasteiger partial charge in [0.25, 0.3) is 5.91 Å². The molecule has 2 aromatic rings. The highest BCUT2D eigenvalue weighted by Gasteiger charge is 2.25. The second-order valence-electron chi connectivity index (χ2n) is 8.75. The average molecular weight is 450 g/mol. The number of anilines is 2. The normalized spacial score (nSPS) is 17.3. The van der Waals surface area contributed by atoms with Crippen molar-refractivity contribution in [2.75, 3.05) is 43.1 Å². The van der Waals surface area contributed by atoms with E-state index in [-0.39, 0.29) is 5.91 Å². The Morgan fingerprint density at radius 1 is 1.18 bits per heavy atom. The number of benzene rings is 1. The first-order chi connectivity index (χ1) is 16.2. The van der Waals surface area contributed by atoms with E-state index in [4.69, 9.17) is 9.72 Å². The Bertz CT molecular complexity index is 922. The number of aromatic nitrogens is 2. The van der Waals surface area contributed by atoms with Gasteiger partial charge in [-0.2, -0.15) is 4.98 Å². The van der Waals surface area contributed by atoms with Crippen molar-refractivity contribution in [2.45, 2.75) is 51.6 Å². The number of rotatable bonds is 8. The molecule has 7 nitrogen and oxygen atoms in total. The van der Waals surface area contributed by atoms with Crippen molar-refractivity contribution in [1.29, 1.82) is 0 Å². The molecule has 1 aliphatic carbocycles. The number of nitrogens with one attached hydrogen (secondary N) is 1. The molecule has 1 aromatic carbocycles. The SMILES string of the molecule is C/C=C/CN(Cc1ccccc1)C(=O)c1cnc(N2CCOCC2)nc1NC1CCCCC1. The average Bonchev–Trinajstić information content (AvgIpc) is 2.88. The van der Waals surface area contributed by atoms with Gasteiger partial charge in [-0.15, -0.1) is 0 Å². The molecule has 0 unspecified atom stereocenters. The highest BCUT2D eigenvalue weighted by Crippen LogP contribution is 2.25. The van der Waals surface area contributed by atoms with E-state index in [0.717, 1.165) is 31.5 Å². The third-order valence-corrected chi connectivity index (χ3v) is 6.31. The van der Waals surface area contributed by atoms with Gasteiger partial charge in [-0.05, 0) is 25.3 Å². The number of nitrogens with zero attached hydrogens (tertiary/aromatic N) is 4. The summed E-state index contributed by atoms with van der Waals surface area (Å²) in [5, 5.41) is 3.61. The van der Waals surface area contributed by atoms with Crippen molar-refractivity contribution in [3.63, 3.8) is 0 Å². The molecular weight excluding hydrogens is 414 g/mol. The van der Waals surface area contributed by atoms with E-state index < -0.39 is 0 Å². The summed E-state index contributed by atoms with van der Waals surface area (Å²) in [6.45, 7) is 5.92. The molecule has 4 rings (SSSR count). The maximum atomic E-state index is 13.7. The van der Waals surface area contributed by atoms with Crippen LogP contribution in [0, 0.1) is 0 Å². The van der Waals surface area contributed by atoms with Crippen LogP contribution >= 0.6 is 0 Å². The van der Waals surface area contributed by atoms with E-state index in [1.807, 2.05) is 42.2 Å². The molecule has 0 bridgehead atoms. The topological polar surface area (TPSA) is 70.6 Å². The molecule has 2 fully saturated rings. The quantitative estimate of drug-likeness (QED) is 0.607. The Labute approximate surface area is 196 Å². The van der Waals surface area contributed by atoms with Crippen LogP contribution in [0.2, 0.25) is 0 Å². The lowest BCUT2D eigenvalue weighted by Crippen LogP contribution is -2.38. The fourth-order valence-electron chi connectivity index (χ4n) is 4.42. The molecule has 7 heteroatoms. The summed E-state index contributed by atoms with van der Waals surface area (Å²) in [5.74, 6) is 1.27. The lowest BCUT2D eigenvalue weighted by molar-refractivity contribution is 0.0762. The van der Waals surface area contributed by atoms with Gasteiger partial charge in [-0.1, -0.05) is 61.7 Å². The van der Waals surface area contributed by atoms with Crippen molar-refractivity contribution in [2.24, 2.45) is 0 Å². The van der Waals surface area contributed by atoms with E-state index in [1.54, 1.807) is 6.20 Å². The molecule has 0 atom stereocenters. The maximum Gasteiger partial charge on any atom is 0.259 e. The largest absolute Gasteiger partial charge is 0.378 e. The third-order valence-electron chi connectivity index (χ3n) is 6.31. The van der Waals surface area contributed by atoms with Gasteiger partial charge in [-0.25, -0.2) is 4.98 Å². The lowest BCUT2D eigenvalue weighted by Gasteiger charge is -2.29. The smallest absolute Gasteiger partial charge is 0.259 e. The summed E-state index contributed by atoms with van der Waals surface area (Å²) >= 11 is 0. The zero-order valence-corrected chi connectivity index (χ0v) is 19.6. The van der Waals surface area contributed by atoms with Crippen molar-refractivity contribution in [1.82, 2.24) is 14.9 Å². The summed E-state index contributed by atoms with van der Waals surface area (Å²) in [6, 6.07) is 10.4. The van der Waals surface area contributed by atoms with Gasteiger partial charge in [0.05, 0.1) is 13.2 Å². The summed E-state index contributed by atoms with van der Waals surface area (Å²) in [5.41, 5.74) is 1.64. The van der Waals surface area contributed by atoms with Gasteiger partial charge in [0.1, 0.15) is 11.4 Å². The zero-order valence-electron chi connectivity index (χ0n) is 19.6. The summed E-state index contributed by atoms with van der Waals surface area (Å²) < 4.78 is 5.48. The lowest BCUT2D eigenvalue weighted by atomic mass is 9.95. The van der Waals surface area contributed by atoms with Crippen LogP contribution in [0.25, 0.3) is 0 Å². The fourth-order valence-corrected chi connectivity index (χ4v) is 4.42. The van der Waals surface area contributed by atoms with Gasteiger partial charge in [0, 0.05) is 38.4 Å². The van der Waals surface area contributed by atoms with Crippen LogP contribution in [0.5, 0.6) is 0 Å². The number of hydrogen-bond acceptors (Lipinski definition) is 6. The van der Waals surface area contributed by atoms with Crippen molar-refractivity contribution < 1.29 is 9.53 Å². The molecule has 1 aliphatic heterocycles. The van der Waals surface area contributed by atoms with Crippen molar-refractivity contribution >= 4 is 17.7 Å².